The summed E-state index contributed by atoms with van der Waals surface area (Å²) in [5.74, 6) is 0.223. The summed E-state index contributed by atoms with van der Waals surface area (Å²) in [6, 6.07) is 4.34. The van der Waals surface area contributed by atoms with Crippen LogP contribution in [0.2, 0.25) is 0 Å². The Balaban J connectivity index is 1.91. The highest BCUT2D eigenvalue weighted by atomic mass is 79.9. The maximum Gasteiger partial charge on any atom is 0.573 e. The van der Waals surface area contributed by atoms with Crippen molar-refractivity contribution in [2.75, 3.05) is 0 Å². The van der Waals surface area contributed by atoms with Crippen molar-refractivity contribution >= 4 is 15.9 Å². The van der Waals surface area contributed by atoms with Gasteiger partial charge in [0.15, 0.2) is 5.82 Å². The van der Waals surface area contributed by atoms with E-state index in [1.165, 1.54) is 12.1 Å². The zero-order chi connectivity index (χ0) is 14.6. The molecule has 1 aromatic carbocycles. The van der Waals surface area contributed by atoms with Gasteiger partial charge < -0.3 is 10.1 Å². The van der Waals surface area contributed by atoms with E-state index in [-0.39, 0.29) is 10.2 Å². The number of nitrogens with one attached hydrogen (secondary N) is 2. The molecule has 0 unspecified atom stereocenters. The minimum Gasteiger partial charge on any atom is -0.405 e. The highest BCUT2D eigenvalue weighted by molar-refractivity contribution is 9.10. The molecule has 0 aliphatic rings. The SMILES string of the molecule is FC(F)(F)Oc1ccc(CNCc2nn[nH]n2)cc1Br. The number of hydrogen-bond donors (Lipinski definition) is 2. The molecule has 0 bridgehead atoms. The number of tetrazole rings is 1. The van der Waals surface area contributed by atoms with Gasteiger partial charge >= 0.3 is 6.36 Å². The van der Waals surface area contributed by atoms with Crippen molar-refractivity contribution in [1.82, 2.24) is 25.9 Å². The lowest BCUT2D eigenvalue weighted by Crippen LogP contribution is -2.17. The number of alkyl halides is 3. The van der Waals surface area contributed by atoms with E-state index in [2.05, 4.69) is 46.6 Å². The van der Waals surface area contributed by atoms with Crippen LogP contribution in [0, 0.1) is 0 Å². The second kappa shape index (κ2) is 6.18. The fourth-order valence-corrected chi connectivity index (χ4v) is 1.94. The summed E-state index contributed by atoms with van der Waals surface area (Å²) in [6.07, 6.45) is -4.71. The molecular formula is C10H9BrF3N5O. The standard InChI is InChI=1S/C10H9BrF3N5O/c11-7-3-6(1-2-8(7)20-10(12,13)14)4-15-5-9-16-18-19-17-9/h1-3,15H,4-5H2,(H,16,17,18,19). The van der Waals surface area contributed by atoms with Crippen LogP contribution in [-0.2, 0) is 13.1 Å². The lowest BCUT2D eigenvalue weighted by atomic mass is 10.2. The number of hydrogen-bond acceptors (Lipinski definition) is 5. The summed E-state index contributed by atoms with van der Waals surface area (Å²) < 4.78 is 40.4. The van der Waals surface area contributed by atoms with Gasteiger partial charge in [0.1, 0.15) is 5.75 Å². The van der Waals surface area contributed by atoms with Gasteiger partial charge in [-0.3, -0.25) is 0 Å². The van der Waals surface area contributed by atoms with Gasteiger partial charge in [-0.05, 0) is 33.6 Å². The van der Waals surface area contributed by atoms with Crippen LogP contribution in [-0.4, -0.2) is 27.0 Å². The first-order chi connectivity index (χ1) is 9.44. The molecule has 0 aliphatic carbocycles. The number of aromatic amines is 1. The third-order valence-corrected chi connectivity index (χ3v) is 2.84. The molecule has 0 radical (unpaired) electrons. The lowest BCUT2D eigenvalue weighted by molar-refractivity contribution is -0.274. The minimum absolute atomic E-state index is 0.230. The molecule has 20 heavy (non-hydrogen) atoms. The largest absolute Gasteiger partial charge is 0.573 e. The quantitative estimate of drug-likeness (QED) is 0.863. The molecule has 0 atom stereocenters. The number of aromatic nitrogens is 4. The van der Waals surface area contributed by atoms with E-state index in [0.717, 1.165) is 5.56 Å². The molecule has 0 amide bonds. The van der Waals surface area contributed by atoms with Gasteiger partial charge in [-0.2, -0.15) is 5.21 Å². The highest BCUT2D eigenvalue weighted by Gasteiger charge is 2.31. The molecule has 2 aromatic rings. The molecule has 0 aliphatic heterocycles. The van der Waals surface area contributed by atoms with E-state index in [1.54, 1.807) is 6.07 Å². The van der Waals surface area contributed by atoms with Crippen molar-refractivity contribution in [1.29, 1.82) is 0 Å². The van der Waals surface area contributed by atoms with E-state index in [4.69, 9.17) is 0 Å². The Kier molecular flexibility index (Phi) is 4.55. The third-order valence-electron chi connectivity index (χ3n) is 2.22. The molecule has 0 saturated heterocycles. The third kappa shape index (κ3) is 4.46. The van der Waals surface area contributed by atoms with E-state index in [9.17, 15) is 13.2 Å². The van der Waals surface area contributed by atoms with Crippen molar-refractivity contribution in [3.05, 3.63) is 34.1 Å². The number of rotatable bonds is 5. The second-order valence-electron chi connectivity index (χ2n) is 3.74. The van der Waals surface area contributed by atoms with Crippen molar-refractivity contribution in [3.8, 4) is 5.75 Å². The minimum atomic E-state index is -4.71. The van der Waals surface area contributed by atoms with Crippen LogP contribution in [0.15, 0.2) is 22.7 Å². The van der Waals surface area contributed by atoms with Crippen LogP contribution in [0.25, 0.3) is 0 Å². The number of nitrogens with zero attached hydrogens (tertiary/aromatic N) is 3. The molecule has 0 spiro atoms. The molecule has 0 fully saturated rings. The molecule has 1 aromatic heterocycles. The lowest BCUT2D eigenvalue weighted by Gasteiger charge is -2.11. The Bertz CT molecular complexity index is 561. The number of ether oxygens (including phenoxy) is 1. The molecule has 0 saturated carbocycles. The van der Waals surface area contributed by atoms with Gasteiger partial charge in [-0.15, -0.1) is 23.4 Å². The molecule has 2 N–H and O–H groups in total. The Morgan fingerprint density at radius 1 is 1.30 bits per heavy atom. The maximum absolute atomic E-state index is 12.1. The average molecular weight is 352 g/mol. The molecule has 108 valence electrons. The summed E-state index contributed by atoms with van der Waals surface area (Å²) >= 11 is 3.04. The van der Waals surface area contributed by atoms with Crippen molar-refractivity contribution in [3.63, 3.8) is 0 Å². The summed E-state index contributed by atoms with van der Waals surface area (Å²) in [7, 11) is 0. The van der Waals surface area contributed by atoms with E-state index >= 15 is 0 Å². The van der Waals surface area contributed by atoms with Crippen molar-refractivity contribution in [2.24, 2.45) is 0 Å². The topological polar surface area (TPSA) is 75.7 Å². The molecule has 2 rings (SSSR count). The average Bonchev–Trinajstić information content (AvgIpc) is 2.84. The predicted octanol–water partition coefficient (Wildman–Crippen LogP) is 2.15. The molecule has 1 heterocycles. The first kappa shape index (κ1) is 14.7. The van der Waals surface area contributed by atoms with Gasteiger partial charge in [0.25, 0.3) is 0 Å². The van der Waals surface area contributed by atoms with Gasteiger partial charge in [0, 0.05) is 6.54 Å². The van der Waals surface area contributed by atoms with E-state index in [1.807, 2.05) is 0 Å². The van der Waals surface area contributed by atoms with E-state index < -0.39 is 6.36 Å². The smallest absolute Gasteiger partial charge is 0.405 e. The van der Waals surface area contributed by atoms with Gasteiger partial charge in [-0.25, -0.2) is 0 Å². The summed E-state index contributed by atoms with van der Waals surface area (Å²) in [4.78, 5) is 0. The number of benzene rings is 1. The number of H-pyrrole nitrogens is 1. The number of halogens is 4. The van der Waals surface area contributed by atoms with Crippen LogP contribution >= 0.6 is 15.9 Å². The highest BCUT2D eigenvalue weighted by Crippen LogP contribution is 2.30. The maximum atomic E-state index is 12.1. The monoisotopic (exact) mass is 351 g/mol. The van der Waals surface area contributed by atoms with Crippen molar-refractivity contribution < 1.29 is 17.9 Å². The molecule has 6 nitrogen and oxygen atoms in total. The Morgan fingerprint density at radius 2 is 2.10 bits per heavy atom. The van der Waals surface area contributed by atoms with E-state index in [0.29, 0.717) is 18.9 Å². The first-order valence-electron chi connectivity index (χ1n) is 5.41. The van der Waals surface area contributed by atoms with Gasteiger partial charge in [0.05, 0.1) is 11.0 Å². The molecule has 10 heteroatoms. The fourth-order valence-electron chi connectivity index (χ4n) is 1.44. The normalized spacial score (nSPS) is 11.6. The van der Waals surface area contributed by atoms with Gasteiger partial charge in [-0.1, -0.05) is 11.3 Å². The molecular weight excluding hydrogens is 343 g/mol. The van der Waals surface area contributed by atoms with Crippen LogP contribution < -0.4 is 10.1 Å². The van der Waals surface area contributed by atoms with Gasteiger partial charge in [0.2, 0.25) is 0 Å². The summed E-state index contributed by atoms with van der Waals surface area (Å²) in [5.41, 5.74) is 0.787. The Labute approximate surface area is 119 Å². The summed E-state index contributed by atoms with van der Waals surface area (Å²) in [6.45, 7) is 0.842. The van der Waals surface area contributed by atoms with Crippen LogP contribution in [0.5, 0.6) is 5.75 Å². The zero-order valence-corrected chi connectivity index (χ0v) is 11.5. The second-order valence-corrected chi connectivity index (χ2v) is 4.60. The fraction of sp³-hybridized carbons (Fsp3) is 0.300. The Hall–Kier alpha value is -1.68. The van der Waals surface area contributed by atoms with Crippen LogP contribution in [0.3, 0.4) is 0 Å². The predicted molar refractivity (Wildman–Crippen MR) is 65.5 cm³/mol. The van der Waals surface area contributed by atoms with Crippen LogP contribution in [0.4, 0.5) is 13.2 Å². The Morgan fingerprint density at radius 3 is 2.70 bits per heavy atom. The van der Waals surface area contributed by atoms with Crippen molar-refractivity contribution in [2.45, 2.75) is 19.5 Å². The van der Waals surface area contributed by atoms with Crippen LogP contribution in [0.1, 0.15) is 11.4 Å². The summed E-state index contributed by atoms with van der Waals surface area (Å²) in [5, 5.41) is 16.3. The first-order valence-corrected chi connectivity index (χ1v) is 6.20. The zero-order valence-electron chi connectivity index (χ0n) is 9.91.